The molecular weight excluding hydrogens is 234 g/mol. The topological polar surface area (TPSA) is 85.2 Å². The minimum atomic E-state index is -0.255. The van der Waals surface area contributed by atoms with Gasteiger partial charge >= 0.3 is 0 Å². The van der Waals surface area contributed by atoms with Crippen molar-refractivity contribution in [1.29, 1.82) is 0 Å². The van der Waals surface area contributed by atoms with Crippen LogP contribution in [0.3, 0.4) is 0 Å². The quantitative estimate of drug-likeness (QED) is 0.736. The van der Waals surface area contributed by atoms with Gasteiger partial charge in [0.1, 0.15) is 5.82 Å². The standard InChI is InChI=1S/C8H12BrN3O/c9-5-3-6(7(10)1-2-13)8(11)12-4-5/h3-4,7,13H,1-2,10H2,(H2,11,12). The van der Waals surface area contributed by atoms with Crippen molar-refractivity contribution in [3.8, 4) is 0 Å². The second-order valence-electron chi connectivity index (χ2n) is 2.75. The van der Waals surface area contributed by atoms with Gasteiger partial charge in [0, 0.05) is 28.9 Å². The highest BCUT2D eigenvalue weighted by molar-refractivity contribution is 9.10. The maximum Gasteiger partial charge on any atom is 0.128 e. The molecule has 4 nitrogen and oxygen atoms in total. The first kappa shape index (κ1) is 10.4. The van der Waals surface area contributed by atoms with Crippen molar-refractivity contribution in [2.45, 2.75) is 12.5 Å². The van der Waals surface area contributed by atoms with Crippen molar-refractivity contribution in [3.05, 3.63) is 22.3 Å². The highest BCUT2D eigenvalue weighted by atomic mass is 79.9. The van der Waals surface area contributed by atoms with Gasteiger partial charge in [-0.2, -0.15) is 0 Å². The number of anilines is 1. The van der Waals surface area contributed by atoms with Gasteiger partial charge in [-0.25, -0.2) is 4.98 Å². The van der Waals surface area contributed by atoms with E-state index in [1.807, 2.05) is 6.07 Å². The summed E-state index contributed by atoms with van der Waals surface area (Å²) in [5.41, 5.74) is 12.2. The number of nitrogen functional groups attached to an aromatic ring is 1. The third kappa shape index (κ3) is 2.65. The lowest BCUT2D eigenvalue weighted by molar-refractivity contribution is 0.276. The average molecular weight is 246 g/mol. The van der Waals surface area contributed by atoms with Crippen LogP contribution in [-0.4, -0.2) is 16.7 Å². The fraction of sp³-hybridized carbons (Fsp3) is 0.375. The SMILES string of the molecule is Nc1ncc(Br)cc1C(N)CCO. The molecule has 13 heavy (non-hydrogen) atoms. The molecule has 0 aliphatic carbocycles. The summed E-state index contributed by atoms with van der Waals surface area (Å²) in [6.45, 7) is 0.0487. The third-order valence-corrected chi connectivity index (χ3v) is 2.19. The van der Waals surface area contributed by atoms with Gasteiger partial charge in [0.15, 0.2) is 0 Å². The van der Waals surface area contributed by atoms with Crippen LogP contribution in [0.4, 0.5) is 5.82 Å². The molecule has 0 amide bonds. The van der Waals surface area contributed by atoms with Crippen LogP contribution in [0.1, 0.15) is 18.0 Å². The Kier molecular flexibility index (Phi) is 3.65. The monoisotopic (exact) mass is 245 g/mol. The predicted octanol–water partition coefficient (Wildman–Crippen LogP) is 0.808. The molecule has 0 fully saturated rings. The first-order valence-electron chi connectivity index (χ1n) is 3.92. The van der Waals surface area contributed by atoms with Gasteiger partial charge in [-0.1, -0.05) is 0 Å². The minimum absolute atomic E-state index is 0.0487. The van der Waals surface area contributed by atoms with E-state index in [2.05, 4.69) is 20.9 Å². The van der Waals surface area contributed by atoms with Gasteiger partial charge in [0.2, 0.25) is 0 Å². The molecule has 0 radical (unpaired) electrons. The first-order valence-corrected chi connectivity index (χ1v) is 4.71. The largest absolute Gasteiger partial charge is 0.396 e. The summed E-state index contributed by atoms with van der Waals surface area (Å²) in [6, 6.07) is 1.57. The van der Waals surface area contributed by atoms with Crippen molar-refractivity contribution in [2.75, 3.05) is 12.3 Å². The van der Waals surface area contributed by atoms with E-state index in [1.54, 1.807) is 6.20 Å². The molecule has 0 aromatic carbocycles. The van der Waals surface area contributed by atoms with Gasteiger partial charge in [-0.15, -0.1) is 0 Å². The third-order valence-electron chi connectivity index (χ3n) is 1.76. The van der Waals surface area contributed by atoms with Gasteiger partial charge in [-0.05, 0) is 28.4 Å². The Balaban J connectivity index is 2.91. The summed E-state index contributed by atoms with van der Waals surface area (Å²) in [4.78, 5) is 3.95. The van der Waals surface area contributed by atoms with Crippen LogP contribution in [-0.2, 0) is 0 Å². The van der Waals surface area contributed by atoms with Crippen LogP contribution < -0.4 is 11.5 Å². The number of hydrogen-bond donors (Lipinski definition) is 3. The van der Waals surface area contributed by atoms with Gasteiger partial charge in [-0.3, -0.25) is 0 Å². The molecule has 0 bridgehead atoms. The molecule has 0 aliphatic heterocycles. The highest BCUT2D eigenvalue weighted by Gasteiger charge is 2.10. The predicted molar refractivity (Wildman–Crippen MR) is 55.0 cm³/mol. The summed E-state index contributed by atoms with van der Waals surface area (Å²) >= 11 is 3.28. The molecule has 0 spiro atoms. The first-order chi connectivity index (χ1) is 6.15. The van der Waals surface area contributed by atoms with Crippen molar-refractivity contribution in [1.82, 2.24) is 4.98 Å². The van der Waals surface area contributed by atoms with Crippen molar-refractivity contribution in [3.63, 3.8) is 0 Å². The zero-order valence-electron chi connectivity index (χ0n) is 7.07. The molecule has 5 N–H and O–H groups in total. The van der Waals surface area contributed by atoms with Crippen molar-refractivity contribution < 1.29 is 5.11 Å². The van der Waals surface area contributed by atoms with Crippen molar-refractivity contribution in [2.24, 2.45) is 5.73 Å². The average Bonchev–Trinajstić information content (AvgIpc) is 2.09. The normalized spacial score (nSPS) is 12.8. The lowest BCUT2D eigenvalue weighted by Gasteiger charge is -2.12. The number of halogens is 1. The number of nitrogens with zero attached hydrogens (tertiary/aromatic N) is 1. The molecule has 0 aliphatic rings. The van der Waals surface area contributed by atoms with Gasteiger partial charge < -0.3 is 16.6 Å². The Bertz CT molecular complexity index is 293. The molecule has 1 atom stereocenters. The van der Waals surface area contributed by atoms with Gasteiger partial charge in [0.25, 0.3) is 0 Å². The van der Waals surface area contributed by atoms with E-state index >= 15 is 0 Å². The molecule has 0 saturated heterocycles. The lowest BCUT2D eigenvalue weighted by atomic mass is 10.1. The van der Waals surface area contributed by atoms with Crippen LogP contribution >= 0.6 is 15.9 Å². The number of rotatable bonds is 3. The fourth-order valence-corrected chi connectivity index (χ4v) is 1.41. The highest BCUT2D eigenvalue weighted by Crippen LogP contribution is 2.22. The maximum absolute atomic E-state index is 8.71. The summed E-state index contributed by atoms with van der Waals surface area (Å²) < 4.78 is 0.838. The van der Waals surface area contributed by atoms with E-state index < -0.39 is 0 Å². The smallest absolute Gasteiger partial charge is 0.128 e. The molecule has 72 valence electrons. The lowest BCUT2D eigenvalue weighted by Crippen LogP contribution is -2.14. The second kappa shape index (κ2) is 4.55. The number of aromatic nitrogens is 1. The number of aliphatic hydroxyl groups excluding tert-OH is 1. The summed E-state index contributed by atoms with van der Waals surface area (Å²) in [5, 5.41) is 8.71. The van der Waals surface area contributed by atoms with E-state index in [0.717, 1.165) is 10.0 Å². The minimum Gasteiger partial charge on any atom is -0.396 e. The van der Waals surface area contributed by atoms with Crippen LogP contribution in [0, 0.1) is 0 Å². The Labute approximate surface area is 85.1 Å². The molecule has 1 unspecified atom stereocenters. The molecule has 1 heterocycles. The fourth-order valence-electron chi connectivity index (χ4n) is 1.06. The summed E-state index contributed by atoms with van der Waals surface area (Å²) in [5.74, 6) is 0.421. The maximum atomic E-state index is 8.71. The second-order valence-corrected chi connectivity index (χ2v) is 3.66. The number of aliphatic hydroxyl groups is 1. The number of pyridine rings is 1. The number of nitrogens with two attached hydrogens (primary N) is 2. The Morgan fingerprint density at radius 3 is 2.92 bits per heavy atom. The molecular formula is C8H12BrN3O. The van der Waals surface area contributed by atoms with E-state index in [-0.39, 0.29) is 12.6 Å². The Morgan fingerprint density at radius 1 is 1.62 bits per heavy atom. The van der Waals surface area contributed by atoms with Crippen molar-refractivity contribution >= 4 is 21.7 Å². The van der Waals surface area contributed by atoms with E-state index in [4.69, 9.17) is 16.6 Å². The molecule has 5 heteroatoms. The van der Waals surface area contributed by atoms with Crippen LogP contribution in [0.15, 0.2) is 16.7 Å². The van der Waals surface area contributed by atoms with E-state index in [0.29, 0.717) is 12.2 Å². The molecule has 1 rings (SSSR count). The van der Waals surface area contributed by atoms with E-state index in [9.17, 15) is 0 Å². The Hall–Kier alpha value is -0.650. The zero-order chi connectivity index (χ0) is 9.84. The van der Waals surface area contributed by atoms with Crippen LogP contribution in [0.2, 0.25) is 0 Å². The number of hydrogen-bond acceptors (Lipinski definition) is 4. The molecule has 0 saturated carbocycles. The van der Waals surface area contributed by atoms with Crippen LogP contribution in [0.5, 0.6) is 0 Å². The summed E-state index contributed by atoms with van der Waals surface area (Å²) in [6.07, 6.45) is 2.10. The van der Waals surface area contributed by atoms with Gasteiger partial charge in [0.05, 0.1) is 0 Å². The van der Waals surface area contributed by atoms with Crippen LogP contribution in [0.25, 0.3) is 0 Å². The molecule has 1 aromatic heterocycles. The Morgan fingerprint density at radius 2 is 2.31 bits per heavy atom. The zero-order valence-corrected chi connectivity index (χ0v) is 8.66. The summed E-state index contributed by atoms with van der Waals surface area (Å²) in [7, 11) is 0. The van der Waals surface area contributed by atoms with E-state index in [1.165, 1.54) is 0 Å². The molecule has 1 aromatic rings.